The zero-order chi connectivity index (χ0) is 12.4. The Balaban J connectivity index is 2.39. The molecule has 0 aliphatic carbocycles. The number of aromatic carboxylic acids is 1. The van der Waals surface area contributed by atoms with Crippen molar-refractivity contribution in [2.24, 2.45) is 0 Å². The first-order valence-electron chi connectivity index (χ1n) is 4.65. The molecule has 1 N–H and O–H groups in total. The number of hydrogen-bond acceptors (Lipinski definition) is 4. The van der Waals surface area contributed by atoms with Crippen LogP contribution in [0.2, 0.25) is 0 Å². The van der Waals surface area contributed by atoms with Crippen LogP contribution in [0.5, 0.6) is 5.75 Å². The molecule has 0 fully saturated rings. The maximum atomic E-state index is 13.4. The van der Waals surface area contributed by atoms with Crippen LogP contribution in [-0.2, 0) is 0 Å². The average Bonchev–Trinajstić information content (AvgIpc) is 2.78. The third kappa shape index (κ3) is 2.10. The number of halogens is 1. The molecule has 2 aromatic rings. The summed E-state index contributed by atoms with van der Waals surface area (Å²) in [5, 5.41) is 8.63. The lowest BCUT2D eigenvalue weighted by Crippen LogP contribution is -1.94. The molecular formula is C11H8FNO4. The van der Waals surface area contributed by atoms with E-state index in [1.54, 1.807) is 6.07 Å². The first kappa shape index (κ1) is 11.1. The van der Waals surface area contributed by atoms with Crippen LogP contribution in [0.4, 0.5) is 4.39 Å². The number of ether oxygens (including phenoxy) is 1. The van der Waals surface area contributed by atoms with Crippen LogP contribution in [0.1, 0.15) is 10.7 Å². The predicted octanol–water partition coefficient (Wildman–Crippen LogP) is 2.19. The molecule has 0 saturated carbocycles. The van der Waals surface area contributed by atoms with Crippen molar-refractivity contribution in [2.75, 3.05) is 7.11 Å². The molecule has 0 radical (unpaired) electrons. The van der Waals surface area contributed by atoms with Crippen LogP contribution in [0.15, 0.2) is 28.8 Å². The molecule has 6 heteroatoms. The molecule has 0 atom stereocenters. The van der Waals surface area contributed by atoms with Gasteiger partial charge in [-0.25, -0.2) is 14.2 Å². The molecule has 0 amide bonds. The summed E-state index contributed by atoms with van der Waals surface area (Å²) in [6.07, 6.45) is 1.23. The fourth-order valence-electron chi connectivity index (χ4n) is 1.33. The van der Waals surface area contributed by atoms with Crippen molar-refractivity contribution in [3.05, 3.63) is 36.1 Å². The van der Waals surface area contributed by atoms with Gasteiger partial charge in [-0.1, -0.05) is 0 Å². The largest absolute Gasteiger partial charge is 0.494 e. The van der Waals surface area contributed by atoms with Crippen LogP contribution < -0.4 is 4.74 Å². The van der Waals surface area contributed by atoms with Crippen molar-refractivity contribution in [3.8, 4) is 17.1 Å². The van der Waals surface area contributed by atoms with Gasteiger partial charge >= 0.3 is 11.9 Å². The molecule has 5 nitrogen and oxygen atoms in total. The number of methoxy groups -OCH3 is 1. The summed E-state index contributed by atoms with van der Waals surface area (Å²) < 4.78 is 23.1. The van der Waals surface area contributed by atoms with Gasteiger partial charge in [0.15, 0.2) is 17.3 Å². The number of hydrogen-bond donors (Lipinski definition) is 1. The Morgan fingerprint density at radius 1 is 1.53 bits per heavy atom. The van der Waals surface area contributed by atoms with Gasteiger partial charge in [-0.05, 0) is 18.2 Å². The molecule has 0 aliphatic rings. The molecule has 0 saturated heterocycles. The van der Waals surface area contributed by atoms with E-state index in [1.165, 1.54) is 25.4 Å². The highest BCUT2D eigenvalue weighted by Crippen LogP contribution is 2.25. The van der Waals surface area contributed by atoms with E-state index in [1.807, 2.05) is 0 Å². The van der Waals surface area contributed by atoms with Gasteiger partial charge in [0.2, 0.25) is 0 Å². The van der Waals surface area contributed by atoms with Crippen LogP contribution in [0.3, 0.4) is 0 Å². The minimum atomic E-state index is -1.27. The van der Waals surface area contributed by atoms with Crippen LogP contribution in [0, 0.1) is 5.82 Å². The number of nitrogens with zero attached hydrogens (tertiary/aromatic N) is 1. The standard InChI is InChI=1S/C11H8FNO4/c1-16-8-3-2-6(4-7(8)12)9-5-13-10(17-9)11(14)15/h2-5H,1H3,(H,14,15). The minimum absolute atomic E-state index is 0.103. The van der Waals surface area contributed by atoms with Crippen molar-refractivity contribution in [1.29, 1.82) is 0 Å². The van der Waals surface area contributed by atoms with E-state index >= 15 is 0 Å². The third-order valence-corrected chi connectivity index (χ3v) is 2.12. The zero-order valence-corrected chi connectivity index (χ0v) is 8.81. The Kier molecular flexibility index (Phi) is 2.78. The van der Waals surface area contributed by atoms with Crippen molar-refractivity contribution >= 4 is 5.97 Å². The highest BCUT2D eigenvalue weighted by Gasteiger charge is 2.13. The van der Waals surface area contributed by atoms with Gasteiger partial charge in [0, 0.05) is 5.56 Å². The summed E-state index contributed by atoms with van der Waals surface area (Å²) in [5.74, 6) is -1.98. The highest BCUT2D eigenvalue weighted by molar-refractivity contribution is 5.82. The first-order valence-corrected chi connectivity index (χ1v) is 4.65. The summed E-state index contributed by atoms with van der Waals surface area (Å²) >= 11 is 0. The van der Waals surface area contributed by atoms with Crippen molar-refractivity contribution in [1.82, 2.24) is 4.98 Å². The quantitative estimate of drug-likeness (QED) is 0.885. The van der Waals surface area contributed by atoms with Gasteiger partial charge in [0.25, 0.3) is 0 Å². The lowest BCUT2D eigenvalue weighted by atomic mass is 10.2. The van der Waals surface area contributed by atoms with E-state index in [9.17, 15) is 9.18 Å². The Bertz CT molecular complexity index is 564. The third-order valence-electron chi connectivity index (χ3n) is 2.12. The van der Waals surface area contributed by atoms with E-state index in [2.05, 4.69) is 4.98 Å². The van der Waals surface area contributed by atoms with Crippen molar-refractivity contribution < 1.29 is 23.4 Å². The molecule has 0 aliphatic heterocycles. The molecule has 0 bridgehead atoms. The fourth-order valence-corrected chi connectivity index (χ4v) is 1.33. The molecular weight excluding hydrogens is 229 g/mol. The molecule has 17 heavy (non-hydrogen) atoms. The second kappa shape index (κ2) is 4.25. The number of carbonyl (C=O) groups is 1. The lowest BCUT2D eigenvalue weighted by Gasteiger charge is -2.02. The van der Waals surface area contributed by atoms with Crippen LogP contribution in [-0.4, -0.2) is 23.2 Å². The minimum Gasteiger partial charge on any atom is -0.494 e. The Labute approximate surface area is 95.5 Å². The Hall–Kier alpha value is -2.37. The van der Waals surface area contributed by atoms with E-state index in [0.717, 1.165) is 0 Å². The summed E-state index contributed by atoms with van der Waals surface area (Å²) in [4.78, 5) is 14.1. The topological polar surface area (TPSA) is 72.6 Å². The summed E-state index contributed by atoms with van der Waals surface area (Å²) in [6, 6.07) is 4.16. The Morgan fingerprint density at radius 2 is 2.29 bits per heavy atom. The number of aromatic nitrogens is 1. The monoisotopic (exact) mass is 237 g/mol. The van der Waals surface area contributed by atoms with Gasteiger partial charge in [-0.15, -0.1) is 0 Å². The summed E-state index contributed by atoms with van der Waals surface area (Å²) in [6.45, 7) is 0. The van der Waals surface area contributed by atoms with E-state index in [-0.39, 0.29) is 11.5 Å². The summed E-state index contributed by atoms with van der Waals surface area (Å²) in [7, 11) is 1.36. The van der Waals surface area contributed by atoms with Crippen LogP contribution in [0.25, 0.3) is 11.3 Å². The zero-order valence-electron chi connectivity index (χ0n) is 8.81. The van der Waals surface area contributed by atoms with Gasteiger partial charge in [0.05, 0.1) is 13.3 Å². The van der Waals surface area contributed by atoms with Crippen molar-refractivity contribution in [3.63, 3.8) is 0 Å². The lowest BCUT2D eigenvalue weighted by molar-refractivity contribution is 0.0654. The molecule has 0 unspecified atom stereocenters. The second-order valence-corrected chi connectivity index (χ2v) is 3.18. The van der Waals surface area contributed by atoms with Gasteiger partial charge in [-0.2, -0.15) is 0 Å². The summed E-state index contributed by atoms with van der Waals surface area (Å²) in [5.41, 5.74) is 0.392. The maximum absolute atomic E-state index is 13.4. The average molecular weight is 237 g/mol. The van der Waals surface area contributed by atoms with Gasteiger partial charge in [-0.3, -0.25) is 0 Å². The van der Waals surface area contributed by atoms with E-state index in [4.69, 9.17) is 14.3 Å². The van der Waals surface area contributed by atoms with Gasteiger partial charge < -0.3 is 14.3 Å². The van der Waals surface area contributed by atoms with Crippen molar-refractivity contribution in [2.45, 2.75) is 0 Å². The smallest absolute Gasteiger partial charge is 0.392 e. The maximum Gasteiger partial charge on any atom is 0.392 e. The molecule has 1 aromatic heterocycles. The van der Waals surface area contributed by atoms with E-state index in [0.29, 0.717) is 5.56 Å². The van der Waals surface area contributed by atoms with Gasteiger partial charge in [0.1, 0.15) is 0 Å². The molecule has 2 rings (SSSR count). The predicted molar refractivity (Wildman–Crippen MR) is 55.4 cm³/mol. The molecule has 0 spiro atoms. The Morgan fingerprint density at radius 3 is 2.82 bits per heavy atom. The fraction of sp³-hybridized carbons (Fsp3) is 0.0909. The number of oxazole rings is 1. The second-order valence-electron chi connectivity index (χ2n) is 3.18. The highest BCUT2D eigenvalue weighted by atomic mass is 19.1. The number of carboxylic acids is 1. The molecule has 88 valence electrons. The number of rotatable bonds is 3. The SMILES string of the molecule is COc1ccc(-c2cnc(C(=O)O)o2)cc1F. The first-order chi connectivity index (χ1) is 8.11. The number of benzene rings is 1. The molecule has 1 aromatic carbocycles. The number of carboxylic acid groups (broad SMARTS) is 1. The normalized spacial score (nSPS) is 10.2. The molecule has 1 heterocycles. The van der Waals surface area contributed by atoms with Crippen LogP contribution >= 0.6 is 0 Å². The van der Waals surface area contributed by atoms with E-state index < -0.39 is 17.7 Å².